The Balaban J connectivity index is 4.25. The standard InChI is InChI=1S/C7H11NO4/c1-4-7(3,8(10)11)5-12-6(2)9/h4H,1,5H2,2-3H3. The highest BCUT2D eigenvalue weighted by Gasteiger charge is 2.34. The third-order valence-corrected chi connectivity index (χ3v) is 1.42. The highest BCUT2D eigenvalue weighted by atomic mass is 16.6. The summed E-state index contributed by atoms with van der Waals surface area (Å²) in [5.74, 6) is -0.537. The molecule has 0 heterocycles. The van der Waals surface area contributed by atoms with Crippen molar-refractivity contribution in [2.24, 2.45) is 0 Å². The summed E-state index contributed by atoms with van der Waals surface area (Å²) in [5.41, 5.74) is -1.38. The first-order valence-electron chi connectivity index (χ1n) is 3.34. The van der Waals surface area contributed by atoms with Crippen LogP contribution in [0.1, 0.15) is 13.8 Å². The van der Waals surface area contributed by atoms with Crippen LogP contribution in [0.2, 0.25) is 0 Å². The number of rotatable bonds is 4. The van der Waals surface area contributed by atoms with E-state index in [9.17, 15) is 14.9 Å². The van der Waals surface area contributed by atoms with E-state index in [-0.39, 0.29) is 6.61 Å². The number of nitro groups is 1. The molecule has 0 saturated heterocycles. The number of carbonyl (C=O) groups excluding carboxylic acids is 1. The van der Waals surface area contributed by atoms with Crippen LogP contribution in [0.3, 0.4) is 0 Å². The molecule has 0 aliphatic heterocycles. The monoisotopic (exact) mass is 173 g/mol. The fourth-order valence-electron chi connectivity index (χ4n) is 0.434. The van der Waals surface area contributed by atoms with E-state index in [0.29, 0.717) is 0 Å². The molecule has 5 heteroatoms. The van der Waals surface area contributed by atoms with E-state index in [4.69, 9.17) is 0 Å². The molecule has 68 valence electrons. The molecule has 0 aliphatic rings. The Morgan fingerprint density at radius 1 is 1.83 bits per heavy atom. The lowest BCUT2D eigenvalue weighted by molar-refractivity contribution is -0.553. The van der Waals surface area contributed by atoms with E-state index in [0.717, 1.165) is 6.08 Å². The van der Waals surface area contributed by atoms with E-state index in [1.54, 1.807) is 0 Å². The van der Waals surface area contributed by atoms with Crippen LogP contribution >= 0.6 is 0 Å². The molecule has 0 aliphatic carbocycles. The summed E-state index contributed by atoms with van der Waals surface area (Å²) in [6.07, 6.45) is 1.15. The molecular formula is C7H11NO4. The number of esters is 1. The molecule has 0 N–H and O–H groups in total. The van der Waals surface area contributed by atoms with Crippen LogP contribution in [0, 0.1) is 10.1 Å². The summed E-state index contributed by atoms with van der Waals surface area (Å²) in [5, 5.41) is 10.4. The zero-order chi connectivity index (χ0) is 9.78. The summed E-state index contributed by atoms with van der Waals surface area (Å²) in [7, 11) is 0. The highest BCUT2D eigenvalue weighted by Crippen LogP contribution is 2.10. The van der Waals surface area contributed by atoms with Crippen LogP contribution in [0.15, 0.2) is 12.7 Å². The lowest BCUT2D eigenvalue weighted by Crippen LogP contribution is -2.38. The Kier molecular flexibility index (Phi) is 3.40. The number of hydrogen-bond acceptors (Lipinski definition) is 4. The van der Waals surface area contributed by atoms with Gasteiger partial charge in [-0.3, -0.25) is 14.9 Å². The average Bonchev–Trinajstić information content (AvgIpc) is 1.99. The van der Waals surface area contributed by atoms with Crippen LogP contribution in [-0.4, -0.2) is 23.0 Å². The minimum atomic E-state index is -1.38. The molecule has 0 bridgehead atoms. The van der Waals surface area contributed by atoms with Crippen LogP contribution in [0.5, 0.6) is 0 Å². The molecule has 0 aromatic carbocycles. The fourth-order valence-corrected chi connectivity index (χ4v) is 0.434. The van der Waals surface area contributed by atoms with Gasteiger partial charge in [0.2, 0.25) is 0 Å². The summed E-state index contributed by atoms with van der Waals surface area (Å²) < 4.78 is 4.51. The second kappa shape index (κ2) is 3.85. The van der Waals surface area contributed by atoms with Gasteiger partial charge in [-0.05, 0) is 6.08 Å². The predicted octanol–water partition coefficient (Wildman–Crippen LogP) is 0.771. The third kappa shape index (κ3) is 2.69. The first kappa shape index (κ1) is 10.6. The molecule has 0 rings (SSSR count). The van der Waals surface area contributed by atoms with Gasteiger partial charge in [-0.25, -0.2) is 0 Å². The van der Waals surface area contributed by atoms with Crippen LogP contribution in [0.25, 0.3) is 0 Å². The lowest BCUT2D eigenvalue weighted by atomic mass is 10.1. The molecule has 0 radical (unpaired) electrons. The van der Waals surface area contributed by atoms with Crippen molar-refractivity contribution >= 4 is 5.97 Å². The molecule has 0 saturated carbocycles. The minimum absolute atomic E-state index is 0.279. The first-order chi connectivity index (χ1) is 5.42. The largest absolute Gasteiger partial charge is 0.458 e. The van der Waals surface area contributed by atoms with Gasteiger partial charge in [0, 0.05) is 18.8 Å². The Bertz CT molecular complexity index is 213. The van der Waals surface area contributed by atoms with Crippen molar-refractivity contribution in [3.05, 3.63) is 22.8 Å². The van der Waals surface area contributed by atoms with Gasteiger partial charge in [-0.15, -0.1) is 0 Å². The van der Waals surface area contributed by atoms with E-state index in [2.05, 4.69) is 11.3 Å². The molecule has 1 unspecified atom stereocenters. The summed E-state index contributed by atoms with van der Waals surface area (Å²) >= 11 is 0. The maximum absolute atomic E-state index is 10.4. The average molecular weight is 173 g/mol. The number of ether oxygens (including phenoxy) is 1. The first-order valence-corrected chi connectivity index (χ1v) is 3.34. The smallest absolute Gasteiger partial charge is 0.302 e. The summed E-state index contributed by atoms with van der Waals surface area (Å²) in [6.45, 7) is 5.55. The van der Waals surface area contributed by atoms with E-state index >= 15 is 0 Å². The zero-order valence-electron chi connectivity index (χ0n) is 7.07. The van der Waals surface area contributed by atoms with Crippen molar-refractivity contribution < 1.29 is 14.5 Å². The quantitative estimate of drug-likeness (QED) is 0.272. The van der Waals surface area contributed by atoms with Crippen LogP contribution < -0.4 is 0 Å². The third-order valence-electron chi connectivity index (χ3n) is 1.42. The fraction of sp³-hybridized carbons (Fsp3) is 0.571. The second-order valence-electron chi connectivity index (χ2n) is 2.60. The van der Waals surface area contributed by atoms with Gasteiger partial charge in [0.05, 0.1) is 0 Å². The van der Waals surface area contributed by atoms with E-state index in [1.807, 2.05) is 0 Å². The van der Waals surface area contributed by atoms with Crippen molar-refractivity contribution in [2.75, 3.05) is 6.61 Å². The maximum atomic E-state index is 10.4. The highest BCUT2D eigenvalue weighted by molar-refractivity contribution is 5.65. The molecule has 1 atom stereocenters. The second-order valence-corrected chi connectivity index (χ2v) is 2.60. The van der Waals surface area contributed by atoms with Gasteiger partial charge in [0.25, 0.3) is 5.54 Å². The zero-order valence-corrected chi connectivity index (χ0v) is 7.07. The van der Waals surface area contributed by atoms with Crippen molar-refractivity contribution in [1.29, 1.82) is 0 Å². The lowest BCUT2D eigenvalue weighted by Gasteiger charge is -2.15. The predicted molar refractivity (Wildman–Crippen MR) is 42.2 cm³/mol. The molecule has 0 aromatic rings. The molecule has 12 heavy (non-hydrogen) atoms. The van der Waals surface area contributed by atoms with Gasteiger partial charge in [0.15, 0.2) is 6.61 Å². The summed E-state index contributed by atoms with van der Waals surface area (Å²) in [6, 6.07) is 0. The molecule has 0 amide bonds. The molecule has 0 spiro atoms. The van der Waals surface area contributed by atoms with Crippen molar-refractivity contribution in [3.63, 3.8) is 0 Å². The molecular weight excluding hydrogens is 162 g/mol. The van der Waals surface area contributed by atoms with Crippen LogP contribution in [-0.2, 0) is 9.53 Å². The maximum Gasteiger partial charge on any atom is 0.302 e. The molecule has 0 aromatic heterocycles. The Morgan fingerprint density at radius 3 is 2.58 bits per heavy atom. The van der Waals surface area contributed by atoms with Crippen LogP contribution in [0.4, 0.5) is 0 Å². The number of hydrogen-bond donors (Lipinski definition) is 0. The topological polar surface area (TPSA) is 69.4 Å². The van der Waals surface area contributed by atoms with Crippen molar-refractivity contribution in [3.8, 4) is 0 Å². The normalized spacial score (nSPS) is 14.5. The SMILES string of the molecule is C=CC(C)(COC(C)=O)[N+](=O)[O-]. The van der Waals surface area contributed by atoms with Crippen molar-refractivity contribution in [1.82, 2.24) is 0 Å². The van der Waals surface area contributed by atoms with Crippen molar-refractivity contribution in [2.45, 2.75) is 19.4 Å². The molecule has 0 fully saturated rings. The minimum Gasteiger partial charge on any atom is -0.458 e. The summed E-state index contributed by atoms with van der Waals surface area (Å²) in [4.78, 5) is 20.2. The van der Waals surface area contributed by atoms with Gasteiger partial charge in [0.1, 0.15) is 0 Å². The van der Waals surface area contributed by atoms with E-state index in [1.165, 1.54) is 13.8 Å². The Hall–Kier alpha value is -1.39. The van der Waals surface area contributed by atoms with Gasteiger partial charge >= 0.3 is 5.97 Å². The number of carbonyl (C=O) groups is 1. The Labute approximate surface area is 70.2 Å². The number of nitrogens with zero attached hydrogens (tertiary/aromatic N) is 1. The van der Waals surface area contributed by atoms with Gasteiger partial charge in [-0.1, -0.05) is 6.58 Å². The van der Waals surface area contributed by atoms with E-state index < -0.39 is 16.4 Å². The molecule has 5 nitrogen and oxygen atoms in total. The van der Waals surface area contributed by atoms with Gasteiger partial charge < -0.3 is 4.74 Å². The van der Waals surface area contributed by atoms with Gasteiger partial charge in [-0.2, -0.15) is 0 Å². The Morgan fingerprint density at radius 2 is 2.33 bits per heavy atom.